The highest BCUT2D eigenvalue weighted by atomic mass is 32.2. The normalized spacial score (nSPS) is 12.6. The lowest BCUT2D eigenvalue weighted by atomic mass is 9.89. The van der Waals surface area contributed by atoms with E-state index in [1.807, 2.05) is 30.7 Å². The average molecular weight is 809 g/mol. The van der Waals surface area contributed by atoms with Crippen molar-refractivity contribution in [3.8, 4) is 0 Å². The number of aryl methyl sites for hydroxylation is 1. The molecule has 0 radical (unpaired) electrons. The molecular weight excluding hydrogens is 745 g/mol. The maximum atomic E-state index is 11.5. The van der Waals surface area contributed by atoms with E-state index in [4.69, 9.17) is 21.1 Å². The van der Waals surface area contributed by atoms with E-state index in [2.05, 4.69) is 72.3 Å². The summed E-state index contributed by atoms with van der Waals surface area (Å²) < 4.78 is 0. The zero-order chi connectivity index (χ0) is 42.7. The lowest BCUT2D eigenvalue weighted by molar-refractivity contribution is -0.140. The molecule has 0 bridgehead atoms. The van der Waals surface area contributed by atoms with Crippen molar-refractivity contribution in [3.63, 3.8) is 0 Å². The van der Waals surface area contributed by atoms with Gasteiger partial charge in [0.15, 0.2) is 0 Å². The number of fused-ring (bicyclic) bond motifs is 1. The van der Waals surface area contributed by atoms with Crippen LogP contribution in [0.1, 0.15) is 84.1 Å². The molecule has 1 aliphatic carbocycles. The molecule has 1 aliphatic rings. The van der Waals surface area contributed by atoms with Crippen molar-refractivity contribution in [2.24, 2.45) is 11.7 Å². The van der Waals surface area contributed by atoms with Gasteiger partial charge in [-0.25, -0.2) is 9.59 Å². The van der Waals surface area contributed by atoms with E-state index in [0.717, 1.165) is 19.4 Å². The first-order valence-electron chi connectivity index (χ1n) is 18.9. The van der Waals surface area contributed by atoms with Crippen LogP contribution in [0.25, 0.3) is 10.8 Å². The van der Waals surface area contributed by atoms with Gasteiger partial charge in [-0.1, -0.05) is 94.5 Å². The number of unbranched alkanes of at least 4 members (excludes halogenated alkanes) is 1. The second kappa shape index (κ2) is 34.6. The van der Waals surface area contributed by atoms with Crippen molar-refractivity contribution in [3.05, 3.63) is 48.0 Å². The van der Waals surface area contributed by atoms with Crippen molar-refractivity contribution in [1.29, 1.82) is 0 Å². The second-order valence-corrected chi connectivity index (χ2v) is 13.3. The quantitative estimate of drug-likeness (QED) is 0.0768. The third kappa shape index (κ3) is 29.5. The number of carbonyl (C=O) groups is 7. The Bertz CT molecular complexity index is 1440. The van der Waals surface area contributed by atoms with Crippen LogP contribution in [0.3, 0.4) is 0 Å². The first kappa shape index (κ1) is 53.2. The number of nitrogens with two attached hydrogens (primary N) is 1. The fourth-order valence-electron chi connectivity index (χ4n) is 4.82. The molecule has 2 aromatic carbocycles. The molecule has 5 amide bonds. The zero-order valence-electron chi connectivity index (χ0n) is 33.4. The van der Waals surface area contributed by atoms with Gasteiger partial charge in [0.05, 0.1) is 12.6 Å². The Kier molecular flexibility index (Phi) is 32.9. The molecule has 16 nitrogen and oxygen atoms in total. The number of hydrogen-bond acceptors (Lipinski definition) is 9. The van der Waals surface area contributed by atoms with Crippen molar-refractivity contribution < 1.29 is 48.9 Å². The van der Waals surface area contributed by atoms with Crippen LogP contribution in [0.4, 0.5) is 4.79 Å². The largest absolute Gasteiger partial charge is 0.481 e. The average Bonchev–Trinajstić information content (AvgIpc) is 3.18. The number of urea groups is 1. The van der Waals surface area contributed by atoms with Crippen LogP contribution in [0.2, 0.25) is 0 Å². The van der Waals surface area contributed by atoms with Gasteiger partial charge in [-0.3, -0.25) is 24.0 Å². The Balaban J connectivity index is 0. The van der Waals surface area contributed by atoms with E-state index >= 15 is 0 Å². The highest BCUT2D eigenvalue weighted by Gasteiger charge is 2.21. The summed E-state index contributed by atoms with van der Waals surface area (Å²) in [7, 11) is 0. The summed E-state index contributed by atoms with van der Waals surface area (Å²) in [6.07, 6.45) is 10.3. The maximum absolute atomic E-state index is 11.5. The summed E-state index contributed by atoms with van der Waals surface area (Å²) in [4.78, 5) is 74.0. The molecule has 1 fully saturated rings. The summed E-state index contributed by atoms with van der Waals surface area (Å²) in [5.74, 6) is -2.60. The molecule has 316 valence electrons. The molecule has 56 heavy (non-hydrogen) atoms. The number of aliphatic carboxylic acids is 3. The van der Waals surface area contributed by atoms with Crippen LogP contribution in [0.5, 0.6) is 0 Å². The molecule has 0 aromatic heterocycles. The molecule has 2 atom stereocenters. The molecular formula is C39H64N6O10S. The van der Waals surface area contributed by atoms with Gasteiger partial charge < -0.3 is 47.6 Å². The summed E-state index contributed by atoms with van der Waals surface area (Å²) in [6, 6.07) is 12.2. The number of carboxylic acids is 3. The minimum absolute atomic E-state index is 0.00919. The van der Waals surface area contributed by atoms with Crippen molar-refractivity contribution in [2.75, 3.05) is 38.2 Å². The third-order valence-corrected chi connectivity index (χ3v) is 8.42. The fourth-order valence-corrected chi connectivity index (χ4v) is 5.33. The standard InChI is InChI=1S/C11H22N2OS.C11H10.C8H12N2O7.C7H14N2O2.C2H6/c1-15-8-10(12)11(14)13-7-9-5-3-2-4-6-9;1-9-6-7-10-4-2-3-5-11(10)8-9;11-5(12)2-1-4(7(15)16)10-8(17)9-3-6(13)14;1-2-3-4-9-7(11)5-8-6-10;1-2/h9-10H,2-8,12H2,1H3,(H,13,14);2-8H,1H3;4H,1-3H2,(H,11,12)(H,13,14)(H,15,16)(H2,9,10,17);6H,2-5H2,1H3,(H,8,10)(H,9,11);1-2H3/t;;4-;;/m..1../s1. The first-order chi connectivity index (χ1) is 26.7. The topological polar surface area (TPSA) is 266 Å². The molecule has 1 unspecified atom stereocenters. The Labute approximate surface area is 334 Å². The molecule has 0 spiro atoms. The van der Waals surface area contributed by atoms with Gasteiger partial charge in [0, 0.05) is 25.3 Å². The molecule has 1 saturated carbocycles. The molecule has 10 N–H and O–H groups in total. The van der Waals surface area contributed by atoms with Gasteiger partial charge in [0.1, 0.15) is 12.6 Å². The van der Waals surface area contributed by atoms with E-state index in [9.17, 15) is 33.6 Å². The highest BCUT2D eigenvalue weighted by Crippen LogP contribution is 2.22. The van der Waals surface area contributed by atoms with Gasteiger partial charge in [-0.15, -0.1) is 0 Å². The monoisotopic (exact) mass is 808 g/mol. The smallest absolute Gasteiger partial charge is 0.326 e. The molecule has 0 aliphatic heterocycles. The Morgan fingerprint density at radius 2 is 1.54 bits per heavy atom. The summed E-state index contributed by atoms with van der Waals surface area (Å²) in [5, 5.41) is 39.7. The van der Waals surface area contributed by atoms with E-state index in [0.29, 0.717) is 24.6 Å². The number of carboxylic acid groups (broad SMARTS) is 3. The molecule has 2 aromatic rings. The van der Waals surface area contributed by atoms with Crippen LogP contribution in [-0.4, -0.2) is 108 Å². The predicted molar refractivity (Wildman–Crippen MR) is 220 cm³/mol. The number of benzene rings is 2. The SMILES string of the molecule is CC.CCCCNC(=O)CNC=O.CSCC(N)C(=O)NCC1CCCCC1.Cc1ccc2ccccc2c1.O=C(O)CC[C@@H](NC(=O)NCC(=O)O)C(=O)O. The van der Waals surface area contributed by atoms with Crippen LogP contribution < -0.4 is 32.3 Å². The lowest BCUT2D eigenvalue weighted by Gasteiger charge is -2.22. The Morgan fingerprint density at radius 3 is 2.09 bits per heavy atom. The molecule has 0 heterocycles. The zero-order valence-corrected chi connectivity index (χ0v) is 34.3. The molecule has 0 saturated heterocycles. The predicted octanol–water partition coefficient (Wildman–Crippen LogP) is 3.88. The highest BCUT2D eigenvalue weighted by molar-refractivity contribution is 7.98. The number of rotatable bonds is 18. The summed E-state index contributed by atoms with van der Waals surface area (Å²) >= 11 is 1.61. The second-order valence-electron chi connectivity index (χ2n) is 12.4. The fraction of sp³-hybridized carbons (Fsp3) is 0.564. The van der Waals surface area contributed by atoms with Crippen molar-refractivity contribution >= 4 is 64.7 Å². The minimum atomic E-state index is -1.39. The van der Waals surface area contributed by atoms with Gasteiger partial charge in [0.25, 0.3) is 0 Å². The number of carbonyl (C=O) groups excluding carboxylic acids is 4. The van der Waals surface area contributed by atoms with E-state index in [-0.39, 0.29) is 30.8 Å². The van der Waals surface area contributed by atoms with Crippen LogP contribution in [-0.2, 0) is 28.8 Å². The van der Waals surface area contributed by atoms with Gasteiger partial charge in [-0.05, 0) is 55.6 Å². The van der Waals surface area contributed by atoms with Gasteiger partial charge in [0.2, 0.25) is 18.2 Å². The minimum Gasteiger partial charge on any atom is -0.481 e. The molecule has 17 heteroatoms. The Morgan fingerprint density at radius 1 is 0.893 bits per heavy atom. The number of hydrogen-bond donors (Lipinski definition) is 9. The van der Waals surface area contributed by atoms with Crippen LogP contribution in [0, 0.1) is 12.8 Å². The lowest BCUT2D eigenvalue weighted by Crippen LogP contribution is -2.47. The number of amides is 5. The third-order valence-electron chi connectivity index (χ3n) is 7.73. The summed E-state index contributed by atoms with van der Waals surface area (Å²) in [5.41, 5.74) is 7.03. The van der Waals surface area contributed by atoms with Gasteiger partial charge >= 0.3 is 23.9 Å². The van der Waals surface area contributed by atoms with Gasteiger partial charge in [-0.2, -0.15) is 11.8 Å². The van der Waals surface area contributed by atoms with Crippen molar-refractivity contribution in [1.82, 2.24) is 26.6 Å². The number of thioether (sulfide) groups is 1. The van der Waals surface area contributed by atoms with Crippen LogP contribution in [0.15, 0.2) is 42.5 Å². The number of nitrogens with one attached hydrogen (secondary N) is 5. The van der Waals surface area contributed by atoms with Crippen molar-refractivity contribution in [2.45, 2.75) is 97.6 Å². The summed E-state index contributed by atoms with van der Waals surface area (Å²) in [6.45, 7) is 9.10. The maximum Gasteiger partial charge on any atom is 0.326 e. The first-order valence-corrected chi connectivity index (χ1v) is 20.2. The molecule has 3 rings (SSSR count). The van der Waals surface area contributed by atoms with E-state index in [1.165, 1.54) is 48.4 Å². The Hall–Kier alpha value is -4.90. The van der Waals surface area contributed by atoms with Crippen LogP contribution >= 0.6 is 11.8 Å². The van der Waals surface area contributed by atoms with E-state index in [1.54, 1.807) is 11.8 Å². The van der Waals surface area contributed by atoms with E-state index < -0.39 is 42.9 Å².